The number of hydrogen-bond donors (Lipinski definition) is 0. The first kappa shape index (κ1) is 10.8. The van der Waals surface area contributed by atoms with Crippen molar-refractivity contribution in [1.29, 1.82) is 0 Å². The van der Waals surface area contributed by atoms with Crippen LogP contribution in [0.3, 0.4) is 0 Å². The second-order valence-corrected chi connectivity index (χ2v) is 3.74. The highest BCUT2D eigenvalue weighted by Crippen LogP contribution is 2.28. The van der Waals surface area contributed by atoms with Crippen molar-refractivity contribution in [3.05, 3.63) is 58.9 Å². The number of rotatable bonds is 2. The lowest BCUT2D eigenvalue weighted by Gasteiger charge is -2.05. The van der Waals surface area contributed by atoms with Crippen molar-refractivity contribution in [2.75, 3.05) is 0 Å². The number of hydrogen-bond acceptors (Lipinski definition) is 1. The van der Waals surface area contributed by atoms with E-state index in [0.29, 0.717) is 11.3 Å². The Morgan fingerprint density at radius 3 is 2.56 bits per heavy atom. The van der Waals surface area contributed by atoms with Gasteiger partial charge in [-0.1, -0.05) is 35.9 Å². The Balaban J connectivity index is 2.57. The van der Waals surface area contributed by atoms with E-state index in [-0.39, 0.29) is 5.56 Å². The van der Waals surface area contributed by atoms with Gasteiger partial charge in [-0.05, 0) is 23.8 Å². The Bertz CT molecular complexity index is 537. The SMILES string of the molecule is O=Cc1cc(-c2ccccc2Cl)ccc1F. The minimum absolute atomic E-state index is 0.0393. The maximum atomic E-state index is 13.1. The average molecular weight is 235 g/mol. The molecule has 0 spiro atoms. The Labute approximate surface area is 97.5 Å². The molecule has 80 valence electrons. The molecule has 0 radical (unpaired) electrons. The van der Waals surface area contributed by atoms with E-state index in [1.807, 2.05) is 18.2 Å². The monoisotopic (exact) mass is 234 g/mol. The highest BCUT2D eigenvalue weighted by Gasteiger charge is 2.06. The Morgan fingerprint density at radius 1 is 1.12 bits per heavy atom. The molecule has 0 aliphatic heterocycles. The van der Waals surface area contributed by atoms with Crippen LogP contribution in [0.5, 0.6) is 0 Å². The minimum atomic E-state index is -0.522. The van der Waals surface area contributed by atoms with E-state index in [2.05, 4.69) is 0 Å². The molecule has 0 atom stereocenters. The van der Waals surface area contributed by atoms with Crippen LogP contribution in [-0.4, -0.2) is 6.29 Å². The molecule has 3 heteroatoms. The number of halogens is 2. The molecule has 0 N–H and O–H groups in total. The van der Waals surface area contributed by atoms with E-state index in [1.165, 1.54) is 12.1 Å². The minimum Gasteiger partial charge on any atom is -0.298 e. The van der Waals surface area contributed by atoms with Crippen LogP contribution < -0.4 is 0 Å². The van der Waals surface area contributed by atoms with Crippen LogP contribution in [0.4, 0.5) is 4.39 Å². The summed E-state index contributed by atoms with van der Waals surface area (Å²) in [7, 11) is 0. The first-order chi connectivity index (χ1) is 7.72. The summed E-state index contributed by atoms with van der Waals surface area (Å²) in [5.41, 5.74) is 1.55. The van der Waals surface area contributed by atoms with Gasteiger partial charge in [0.15, 0.2) is 6.29 Å². The first-order valence-electron chi connectivity index (χ1n) is 4.72. The van der Waals surface area contributed by atoms with E-state index < -0.39 is 5.82 Å². The summed E-state index contributed by atoms with van der Waals surface area (Å²) in [4.78, 5) is 10.6. The molecule has 0 fully saturated rings. The lowest BCUT2D eigenvalue weighted by atomic mass is 10.0. The van der Waals surface area contributed by atoms with E-state index in [9.17, 15) is 9.18 Å². The average Bonchev–Trinajstić information content (AvgIpc) is 2.31. The normalized spacial score (nSPS) is 10.1. The second-order valence-electron chi connectivity index (χ2n) is 3.33. The van der Waals surface area contributed by atoms with Crippen LogP contribution in [0.1, 0.15) is 10.4 Å². The third-order valence-corrected chi connectivity index (χ3v) is 2.64. The third kappa shape index (κ3) is 1.97. The molecule has 0 bridgehead atoms. The van der Waals surface area contributed by atoms with Crippen molar-refractivity contribution < 1.29 is 9.18 Å². The van der Waals surface area contributed by atoms with Crippen LogP contribution >= 0.6 is 11.6 Å². The lowest BCUT2D eigenvalue weighted by Crippen LogP contribution is -1.89. The molecular formula is C13H8ClFO. The standard InChI is InChI=1S/C13H8ClFO/c14-12-4-2-1-3-11(12)9-5-6-13(15)10(7-9)8-16/h1-8H. The highest BCUT2D eigenvalue weighted by atomic mass is 35.5. The molecule has 0 saturated carbocycles. The molecule has 0 aliphatic rings. The molecule has 0 aliphatic carbocycles. The molecule has 0 saturated heterocycles. The number of aldehydes is 1. The zero-order valence-corrected chi connectivity index (χ0v) is 9.04. The van der Waals surface area contributed by atoms with Crippen molar-refractivity contribution in [2.45, 2.75) is 0 Å². The van der Waals surface area contributed by atoms with Crippen LogP contribution in [0.2, 0.25) is 5.02 Å². The first-order valence-corrected chi connectivity index (χ1v) is 5.10. The highest BCUT2D eigenvalue weighted by molar-refractivity contribution is 6.33. The largest absolute Gasteiger partial charge is 0.298 e. The number of benzene rings is 2. The topological polar surface area (TPSA) is 17.1 Å². The fourth-order valence-corrected chi connectivity index (χ4v) is 1.74. The van der Waals surface area contributed by atoms with Crippen LogP contribution in [-0.2, 0) is 0 Å². The third-order valence-electron chi connectivity index (χ3n) is 2.31. The molecule has 1 nitrogen and oxygen atoms in total. The number of carbonyl (C=O) groups excluding carboxylic acids is 1. The van der Waals surface area contributed by atoms with Crippen molar-refractivity contribution in [3.63, 3.8) is 0 Å². The second kappa shape index (κ2) is 4.45. The van der Waals surface area contributed by atoms with Crippen LogP contribution in [0.15, 0.2) is 42.5 Å². The Hall–Kier alpha value is -1.67. The van der Waals surface area contributed by atoms with Gasteiger partial charge in [-0.25, -0.2) is 4.39 Å². The maximum absolute atomic E-state index is 13.1. The Morgan fingerprint density at radius 2 is 1.88 bits per heavy atom. The molecule has 0 aromatic heterocycles. The van der Waals surface area contributed by atoms with E-state index in [4.69, 9.17) is 11.6 Å². The lowest BCUT2D eigenvalue weighted by molar-refractivity contribution is 0.112. The van der Waals surface area contributed by atoms with Crippen LogP contribution in [0.25, 0.3) is 11.1 Å². The van der Waals surface area contributed by atoms with Crippen molar-refractivity contribution >= 4 is 17.9 Å². The smallest absolute Gasteiger partial charge is 0.153 e. The fraction of sp³-hybridized carbons (Fsp3) is 0. The molecule has 0 unspecified atom stereocenters. The van der Waals surface area contributed by atoms with Gasteiger partial charge in [0, 0.05) is 10.6 Å². The van der Waals surface area contributed by atoms with Gasteiger partial charge in [-0.2, -0.15) is 0 Å². The molecule has 16 heavy (non-hydrogen) atoms. The van der Waals surface area contributed by atoms with E-state index in [0.717, 1.165) is 11.1 Å². The van der Waals surface area contributed by atoms with Gasteiger partial charge in [0.2, 0.25) is 0 Å². The summed E-state index contributed by atoms with van der Waals surface area (Å²) >= 11 is 6.01. The summed E-state index contributed by atoms with van der Waals surface area (Å²) in [5.74, 6) is -0.522. The van der Waals surface area contributed by atoms with Gasteiger partial charge in [0.1, 0.15) is 5.82 Å². The predicted octanol–water partition coefficient (Wildman–Crippen LogP) is 3.96. The molecule has 2 aromatic rings. The van der Waals surface area contributed by atoms with Gasteiger partial charge in [-0.15, -0.1) is 0 Å². The molecule has 2 aromatic carbocycles. The molecular weight excluding hydrogens is 227 g/mol. The molecule has 0 heterocycles. The van der Waals surface area contributed by atoms with Gasteiger partial charge >= 0.3 is 0 Å². The zero-order chi connectivity index (χ0) is 11.5. The fourth-order valence-electron chi connectivity index (χ4n) is 1.50. The molecule has 2 rings (SSSR count). The van der Waals surface area contributed by atoms with Gasteiger partial charge in [0.05, 0.1) is 5.56 Å². The summed E-state index contributed by atoms with van der Waals surface area (Å²) < 4.78 is 13.1. The van der Waals surface area contributed by atoms with Crippen molar-refractivity contribution in [1.82, 2.24) is 0 Å². The summed E-state index contributed by atoms with van der Waals surface area (Å²) in [6.45, 7) is 0. The van der Waals surface area contributed by atoms with Gasteiger partial charge < -0.3 is 0 Å². The van der Waals surface area contributed by atoms with E-state index in [1.54, 1.807) is 12.1 Å². The zero-order valence-electron chi connectivity index (χ0n) is 8.28. The Kier molecular flexibility index (Phi) is 3.02. The van der Waals surface area contributed by atoms with Crippen LogP contribution in [0, 0.1) is 5.82 Å². The predicted molar refractivity (Wildman–Crippen MR) is 62.2 cm³/mol. The maximum Gasteiger partial charge on any atom is 0.153 e. The van der Waals surface area contributed by atoms with Gasteiger partial charge in [-0.3, -0.25) is 4.79 Å². The van der Waals surface area contributed by atoms with Gasteiger partial charge in [0.25, 0.3) is 0 Å². The summed E-state index contributed by atoms with van der Waals surface area (Å²) in [6.07, 6.45) is 0.496. The number of carbonyl (C=O) groups is 1. The quantitative estimate of drug-likeness (QED) is 0.719. The van der Waals surface area contributed by atoms with Crippen molar-refractivity contribution in [3.8, 4) is 11.1 Å². The summed E-state index contributed by atoms with van der Waals surface area (Å²) in [6, 6.07) is 11.6. The van der Waals surface area contributed by atoms with E-state index >= 15 is 0 Å². The summed E-state index contributed by atoms with van der Waals surface area (Å²) in [5, 5.41) is 0.575. The molecule has 0 amide bonds. The van der Waals surface area contributed by atoms with Crippen molar-refractivity contribution in [2.24, 2.45) is 0 Å².